The summed E-state index contributed by atoms with van der Waals surface area (Å²) < 4.78 is 2.20. The van der Waals surface area contributed by atoms with E-state index < -0.39 is 20.8 Å². The van der Waals surface area contributed by atoms with Crippen LogP contribution in [0, 0.1) is 6.08 Å². The molecule has 0 saturated carbocycles. The van der Waals surface area contributed by atoms with E-state index in [9.17, 15) is 0 Å². The minimum Gasteiger partial charge on any atom is -0.341 e. The second-order valence-electron chi connectivity index (χ2n) is 6.77. The van der Waals surface area contributed by atoms with Crippen molar-refractivity contribution in [3.63, 3.8) is 0 Å². The van der Waals surface area contributed by atoms with Crippen molar-refractivity contribution in [2.24, 2.45) is 0 Å². The maximum atomic E-state index is 4.93. The van der Waals surface area contributed by atoms with Crippen molar-refractivity contribution < 1.29 is 20.8 Å². The van der Waals surface area contributed by atoms with E-state index in [1.54, 1.807) is 0 Å². The van der Waals surface area contributed by atoms with Gasteiger partial charge in [0.25, 0.3) is 0 Å². The second kappa shape index (κ2) is 11.7. The Kier molecular flexibility index (Phi) is 8.93. The summed E-state index contributed by atoms with van der Waals surface area (Å²) in [5.41, 5.74) is 2.62. The van der Waals surface area contributed by atoms with Gasteiger partial charge in [0.15, 0.2) is 0 Å². The van der Waals surface area contributed by atoms with Crippen molar-refractivity contribution in [2.45, 2.75) is 26.2 Å². The van der Waals surface area contributed by atoms with Gasteiger partial charge in [-0.15, -0.1) is 47.5 Å². The summed E-state index contributed by atoms with van der Waals surface area (Å²) >= 11 is -0.826. The Morgan fingerprint density at radius 3 is 2.17 bits per heavy atom. The van der Waals surface area contributed by atoms with E-state index in [2.05, 4.69) is 103 Å². The van der Waals surface area contributed by atoms with Gasteiger partial charge < -0.3 is 4.57 Å². The Labute approximate surface area is 191 Å². The monoisotopic (exact) mass is 497 g/mol. The predicted octanol–water partition coefficient (Wildman–Crippen LogP) is 8.36. The van der Waals surface area contributed by atoms with Crippen LogP contribution in [0.2, 0.25) is 0 Å². The standard InChI is InChI=1S/C17H12N.C8H11.2ClH.Zr/c1-2-6-14-10-17(9-13(14)5-1)18-11-15-7-3-4-8-16(15)12-18;1-2-5-8-6-3-4-7-8;;;/h1-12H;3,6H,2,4-5H2,1H3;2*1H;/q2*-1;;;+4/p-2. The number of rotatable bonds is 3. The molecule has 1 aliphatic rings. The Morgan fingerprint density at radius 1 is 1.00 bits per heavy atom. The van der Waals surface area contributed by atoms with Crippen LogP contribution in [0.15, 0.2) is 90.8 Å². The number of nitrogens with zero attached hydrogens (tertiary/aromatic N) is 1. The van der Waals surface area contributed by atoms with Gasteiger partial charge >= 0.3 is 37.9 Å². The fourth-order valence-electron chi connectivity index (χ4n) is 3.41. The number of allylic oxidation sites excluding steroid dienone is 4. The zero-order valence-electron chi connectivity index (χ0n) is 16.4. The van der Waals surface area contributed by atoms with Crippen LogP contribution >= 0.6 is 17.0 Å². The van der Waals surface area contributed by atoms with Crippen LogP contribution in [0.25, 0.3) is 27.2 Å². The molecule has 1 aromatic heterocycles. The summed E-state index contributed by atoms with van der Waals surface area (Å²) in [6.45, 7) is 2.20. The van der Waals surface area contributed by atoms with Crippen molar-refractivity contribution in [1.29, 1.82) is 0 Å². The van der Waals surface area contributed by atoms with Crippen molar-refractivity contribution in [3.8, 4) is 5.69 Å². The second-order valence-corrected chi connectivity index (χ2v) is 10.5. The first-order valence-corrected chi connectivity index (χ1v) is 16.0. The molecule has 0 aliphatic heterocycles. The van der Waals surface area contributed by atoms with Crippen molar-refractivity contribution in [1.82, 2.24) is 4.57 Å². The minimum atomic E-state index is -0.826. The summed E-state index contributed by atoms with van der Waals surface area (Å²) in [7, 11) is 9.87. The molecule has 4 heteroatoms. The summed E-state index contributed by atoms with van der Waals surface area (Å²) in [5, 5.41) is 5.15. The molecule has 0 radical (unpaired) electrons. The maximum Gasteiger partial charge on any atom is 0.0149 e. The summed E-state index contributed by atoms with van der Waals surface area (Å²) in [4.78, 5) is 0. The van der Waals surface area contributed by atoms with Gasteiger partial charge in [-0.05, 0) is 16.5 Å². The first-order chi connectivity index (χ1) is 14.2. The molecular weight excluding hydrogens is 476 g/mol. The van der Waals surface area contributed by atoms with Crippen molar-refractivity contribution >= 4 is 38.6 Å². The van der Waals surface area contributed by atoms with Crippen LogP contribution in [0.1, 0.15) is 26.2 Å². The number of halogens is 2. The Morgan fingerprint density at radius 2 is 1.62 bits per heavy atom. The molecule has 1 aliphatic carbocycles. The van der Waals surface area contributed by atoms with E-state index in [0.717, 1.165) is 6.42 Å². The van der Waals surface area contributed by atoms with Gasteiger partial charge in [0.05, 0.1) is 0 Å². The Bertz CT molecular complexity index is 966. The normalized spacial score (nSPS) is 12.0. The smallest absolute Gasteiger partial charge is 0.0149 e. The third-order valence-corrected chi connectivity index (χ3v) is 4.74. The molecule has 1 nitrogen and oxygen atoms in total. The predicted molar refractivity (Wildman–Crippen MR) is 124 cm³/mol. The SMILES string of the molecule is CCCC1=[C-]CC=C1.[Cl][Zr+2][Cl].c1ccc2cn(-c3cc4ccccc4[cH-]3)cc2c1. The molecule has 0 atom stereocenters. The molecular formula is C25H23Cl2NZr. The van der Waals surface area contributed by atoms with Crippen LogP contribution in [0.5, 0.6) is 0 Å². The van der Waals surface area contributed by atoms with Gasteiger partial charge in [-0.1, -0.05) is 50.1 Å². The van der Waals surface area contributed by atoms with E-state index in [1.165, 1.54) is 45.6 Å². The van der Waals surface area contributed by atoms with E-state index in [4.69, 9.17) is 17.0 Å². The Hall–Kier alpha value is -1.47. The average molecular weight is 500 g/mol. The van der Waals surface area contributed by atoms with E-state index in [0.29, 0.717) is 0 Å². The fourth-order valence-corrected chi connectivity index (χ4v) is 3.41. The molecule has 146 valence electrons. The molecule has 3 aromatic carbocycles. The summed E-state index contributed by atoms with van der Waals surface area (Å²) in [5.74, 6) is 0. The van der Waals surface area contributed by atoms with Gasteiger partial charge in [-0.2, -0.15) is 6.08 Å². The van der Waals surface area contributed by atoms with Crippen LogP contribution in [-0.4, -0.2) is 4.57 Å². The molecule has 29 heavy (non-hydrogen) atoms. The van der Waals surface area contributed by atoms with E-state index in [1.807, 2.05) is 0 Å². The van der Waals surface area contributed by atoms with Crippen molar-refractivity contribution in [2.75, 3.05) is 0 Å². The van der Waals surface area contributed by atoms with Gasteiger partial charge in [-0.25, -0.2) is 11.6 Å². The zero-order chi connectivity index (χ0) is 20.5. The van der Waals surface area contributed by atoms with Crippen LogP contribution < -0.4 is 0 Å². The molecule has 0 spiro atoms. The minimum absolute atomic E-state index is 0.826. The molecule has 0 fully saturated rings. The zero-order valence-corrected chi connectivity index (χ0v) is 20.4. The molecule has 0 unspecified atom stereocenters. The fraction of sp³-hybridized carbons (Fsp3) is 0.160. The number of fused-ring (bicyclic) bond motifs is 2. The molecule has 4 aromatic rings. The molecule has 0 saturated heterocycles. The van der Waals surface area contributed by atoms with E-state index in [-0.39, 0.29) is 0 Å². The number of hydrogen-bond donors (Lipinski definition) is 0. The summed E-state index contributed by atoms with van der Waals surface area (Å²) in [6.07, 6.45) is 15.4. The quantitative estimate of drug-likeness (QED) is 0.250. The number of benzene rings is 2. The topological polar surface area (TPSA) is 4.93 Å². The first kappa shape index (κ1) is 22.2. The third kappa shape index (κ3) is 6.25. The van der Waals surface area contributed by atoms with Crippen LogP contribution in [-0.2, 0) is 20.8 Å². The van der Waals surface area contributed by atoms with Crippen LogP contribution in [0.3, 0.4) is 0 Å². The number of aromatic nitrogens is 1. The van der Waals surface area contributed by atoms with E-state index >= 15 is 0 Å². The Balaban J connectivity index is 0.000000183. The number of hydrogen-bond acceptors (Lipinski definition) is 0. The van der Waals surface area contributed by atoms with Gasteiger partial charge in [0.2, 0.25) is 0 Å². The van der Waals surface area contributed by atoms with Gasteiger partial charge in [-0.3, -0.25) is 6.08 Å². The van der Waals surface area contributed by atoms with Crippen molar-refractivity contribution in [3.05, 3.63) is 96.9 Å². The molecule has 1 heterocycles. The maximum absolute atomic E-state index is 4.93. The summed E-state index contributed by atoms with van der Waals surface area (Å²) in [6, 6.07) is 21.4. The molecule has 5 rings (SSSR count). The largest absolute Gasteiger partial charge is 0.341 e. The molecule has 0 N–H and O–H groups in total. The molecule has 0 bridgehead atoms. The van der Waals surface area contributed by atoms with Gasteiger partial charge in [0.1, 0.15) is 0 Å². The third-order valence-electron chi connectivity index (χ3n) is 4.74. The first-order valence-electron chi connectivity index (χ1n) is 9.70. The van der Waals surface area contributed by atoms with Gasteiger partial charge in [0, 0.05) is 12.4 Å². The van der Waals surface area contributed by atoms with Crippen LogP contribution in [0.4, 0.5) is 0 Å². The average Bonchev–Trinajstić information content (AvgIpc) is 3.48. The molecule has 0 amide bonds.